The van der Waals surface area contributed by atoms with Crippen molar-refractivity contribution < 1.29 is 14.3 Å². The number of hydrogen-bond donors (Lipinski definition) is 2. The van der Waals surface area contributed by atoms with Crippen LogP contribution in [0.2, 0.25) is 5.02 Å². The number of aryl methyl sites for hydroxylation is 2. The third-order valence-electron chi connectivity index (χ3n) is 10.3. The zero-order chi connectivity index (χ0) is 33.8. The maximum absolute atomic E-state index is 12.9. The van der Waals surface area contributed by atoms with Gasteiger partial charge >= 0.3 is 5.97 Å². The number of aromatic amines is 1. The van der Waals surface area contributed by atoms with Crippen LogP contribution in [0, 0.1) is 20.8 Å². The molecule has 0 aliphatic heterocycles. The Morgan fingerprint density at radius 3 is 2.11 bits per heavy atom. The second-order valence-electron chi connectivity index (χ2n) is 13.9. The number of rotatable bonds is 20. The minimum absolute atomic E-state index is 0.0256. The molecule has 0 saturated heterocycles. The summed E-state index contributed by atoms with van der Waals surface area (Å²) in [5.74, 6) is 0.125. The highest BCUT2D eigenvalue weighted by Gasteiger charge is 2.39. The molecule has 2 heterocycles. The number of nitrogens with one attached hydrogen (secondary N) is 2. The fourth-order valence-electron chi connectivity index (χ4n) is 7.42. The van der Waals surface area contributed by atoms with E-state index in [1.807, 2.05) is 26.8 Å². The van der Waals surface area contributed by atoms with E-state index >= 15 is 0 Å². The molecule has 2 N–H and O–H groups in total. The minimum Gasteiger partial charge on any atom is -0.466 e. The van der Waals surface area contributed by atoms with Crippen molar-refractivity contribution in [2.75, 3.05) is 11.9 Å². The summed E-state index contributed by atoms with van der Waals surface area (Å²) in [6, 6.07) is 2.05. The molecule has 0 bridgehead atoms. The van der Waals surface area contributed by atoms with E-state index < -0.39 is 0 Å². The summed E-state index contributed by atoms with van der Waals surface area (Å²) in [6.07, 6.45) is 20.9. The Kier molecular flexibility index (Phi) is 14.2. The SMILES string of the molecule is CCCCCCCCCCCCCCOC(=O)CCC(=O)Nc1c(C)cc(C)c(-c2nn3nc(C4(CC)CCCC4)c(Cl)c3[nH]2)c1C. The molecule has 1 amide bonds. The maximum atomic E-state index is 12.9. The van der Waals surface area contributed by atoms with Crippen molar-refractivity contribution in [1.29, 1.82) is 0 Å². The summed E-state index contributed by atoms with van der Waals surface area (Å²) >= 11 is 6.91. The van der Waals surface area contributed by atoms with Crippen molar-refractivity contribution in [2.24, 2.45) is 0 Å². The molecule has 0 radical (unpaired) electrons. The number of fused-ring (bicyclic) bond motifs is 1. The van der Waals surface area contributed by atoms with Crippen molar-refractivity contribution in [2.45, 2.75) is 162 Å². The first kappa shape index (κ1) is 37.0. The molecule has 1 aliphatic carbocycles. The minimum atomic E-state index is -0.320. The number of benzene rings is 1. The second kappa shape index (κ2) is 18.0. The monoisotopic (exact) mass is 667 g/mol. The normalized spacial score (nSPS) is 14.3. The van der Waals surface area contributed by atoms with Gasteiger partial charge in [0.25, 0.3) is 0 Å². The Morgan fingerprint density at radius 1 is 0.894 bits per heavy atom. The van der Waals surface area contributed by atoms with Gasteiger partial charge in [-0.25, -0.2) is 0 Å². The fraction of sp³-hybridized carbons (Fsp3) is 0.684. The number of carbonyl (C=O) groups excluding carboxylic acids is 2. The van der Waals surface area contributed by atoms with Crippen LogP contribution in [0.5, 0.6) is 0 Å². The molecule has 0 unspecified atom stereocenters. The van der Waals surface area contributed by atoms with Crippen molar-refractivity contribution in [3.05, 3.63) is 33.5 Å². The molecule has 47 heavy (non-hydrogen) atoms. The summed E-state index contributed by atoms with van der Waals surface area (Å²) in [5, 5.41) is 13.4. The van der Waals surface area contributed by atoms with Gasteiger partial charge in [-0.15, -0.1) is 9.73 Å². The average Bonchev–Trinajstić information content (AvgIpc) is 3.77. The van der Waals surface area contributed by atoms with E-state index in [1.54, 1.807) is 4.63 Å². The third kappa shape index (κ3) is 9.61. The maximum Gasteiger partial charge on any atom is 0.306 e. The fourth-order valence-corrected chi connectivity index (χ4v) is 7.78. The van der Waals surface area contributed by atoms with Crippen molar-refractivity contribution in [3.8, 4) is 11.4 Å². The van der Waals surface area contributed by atoms with Crippen LogP contribution in [0.1, 0.15) is 158 Å². The van der Waals surface area contributed by atoms with E-state index in [2.05, 4.69) is 24.1 Å². The van der Waals surface area contributed by atoms with Gasteiger partial charge in [0, 0.05) is 23.1 Å². The van der Waals surface area contributed by atoms with Gasteiger partial charge in [0.1, 0.15) is 5.02 Å². The molecular weight excluding hydrogens is 610 g/mol. The Morgan fingerprint density at radius 2 is 1.51 bits per heavy atom. The second-order valence-corrected chi connectivity index (χ2v) is 14.2. The summed E-state index contributed by atoms with van der Waals surface area (Å²) in [5.41, 5.74) is 6.20. The van der Waals surface area contributed by atoms with E-state index in [1.165, 1.54) is 77.0 Å². The van der Waals surface area contributed by atoms with Gasteiger partial charge in [0.05, 0.1) is 18.7 Å². The molecule has 3 aromatic rings. The number of H-pyrrole nitrogens is 1. The highest BCUT2D eigenvalue weighted by molar-refractivity contribution is 6.34. The topological polar surface area (TPSA) is 101 Å². The first-order valence-electron chi connectivity index (χ1n) is 18.4. The third-order valence-corrected chi connectivity index (χ3v) is 10.6. The van der Waals surface area contributed by atoms with E-state index in [9.17, 15) is 9.59 Å². The van der Waals surface area contributed by atoms with Crippen molar-refractivity contribution >= 4 is 34.8 Å². The number of halogens is 1. The van der Waals surface area contributed by atoms with Gasteiger partial charge in [-0.3, -0.25) is 9.59 Å². The molecule has 2 aromatic heterocycles. The predicted octanol–water partition coefficient (Wildman–Crippen LogP) is 10.5. The van der Waals surface area contributed by atoms with Gasteiger partial charge < -0.3 is 15.0 Å². The summed E-state index contributed by atoms with van der Waals surface area (Å²) in [7, 11) is 0. The highest BCUT2D eigenvalue weighted by atomic mass is 35.5. The first-order chi connectivity index (χ1) is 22.7. The smallest absolute Gasteiger partial charge is 0.306 e. The van der Waals surface area contributed by atoms with Crippen LogP contribution in [0.25, 0.3) is 17.0 Å². The molecule has 9 heteroatoms. The Bertz CT molecular complexity index is 1470. The molecule has 1 fully saturated rings. The van der Waals surface area contributed by atoms with Crippen LogP contribution in [-0.4, -0.2) is 38.3 Å². The number of ether oxygens (including phenoxy) is 1. The molecular formula is C38H58ClN5O3. The highest BCUT2D eigenvalue weighted by Crippen LogP contribution is 2.46. The molecule has 4 rings (SSSR count). The first-order valence-corrected chi connectivity index (χ1v) is 18.8. The van der Waals surface area contributed by atoms with Gasteiger partial charge in [-0.1, -0.05) is 115 Å². The van der Waals surface area contributed by atoms with Crippen LogP contribution in [-0.2, 0) is 19.7 Å². The molecule has 0 spiro atoms. The lowest BCUT2D eigenvalue weighted by Gasteiger charge is -2.25. The number of aromatic nitrogens is 4. The van der Waals surface area contributed by atoms with Crippen LogP contribution in [0.3, 0.4) is 0 Å². The summed E-state index contributed by atoms with van der Waals surface area (Å²) in [6.45, 7) is 10.9. The van der Waals surface area contributed by atoms with Gasteiger partial charge in [-0.2, -0.15) is 5.10 Å². The number of nitrogens with zero attached hydrogens (tertiary/aromatic N) is 3. The quantitative estimate of drug-likeness (QED) is 0.0922. The van der Waals surface area contributed by atoms with Crippen molar-refractivity contribution in [1.82, 2.24) is 19.8 Å². The van der Waals surface area contributed by atoms with Crippen LogP contribution < -0.4 is 5.32 Å². The number of amides is 1. The molecule has 1 aliphatic rings. The number of anilines is 1. The number of esters is 1. The lowest BCUT2D eigenvalue weighted by Crippen LogP contribution is -2.22. The van der Waals surface area contributed by atoms with Crippen molar-refractivity contribution in [3.63, 3.8) is 0 Å². The zero-order valence-electron chi connectivity index (χ0n) is 29.7. The van der Waals surface area contributed by atoms with Gasteiger partial charge in [0.2, 0.25) is 5.91 Å². The van der Waals surface area contributed by atoms with E-state index in [4.69, 9.17) is 26.5 Å². The number of unbranched alkanes of at least 4 members (excludes halogenated alkanes) is 11. The van der Waals surface area contributed by atoms with Gasteiger partial charge in [0.15, 0.2) is 11.5 Å². The van der Waals surface area contributed by atoms with E-state index in [0.717, 1.165) is 65.7 Å². The zero-order valence-corrected chi connectivity index (χ0v) is 30.4. The molecule has 1 aromatic carbocycles. The predicted molar refractivity (Wildman–Crippen MR) is 192 cm³/mol. The molecule has 8 nitrogen and oxygen atoms in total. The largest absolute Gasteiger partial charge is 0.466 e. The Balaban J connectivity index is 1.23. The van der Waals surface area contributed by atoms with Crippen LogP contribution in [0.15, 0.2) is 6.07 Å². The summed E-state index contributed by atoms with van der Waals surface area (Å²) < 4.78 is 7.04. The average molecular weight is 668 g/mol. The van der Waals surface area contributed by atoms with Gasteiger partial charge in [-0.05, 0) is 63.1 Å². The standard InChI is InChI=1S/C38H58ClN5O3/c1-6-8-9-10-11-12-13-14-15-16-17-20-25-47-31(46)22-21-30(45)40-34-28(4)26-27(3)32(29(34)5)36-41-37-33(39)35(42-44(37)43-36)38(7-2)23-18-19-24-38/h26H,6-25H2,1-5H3,(H,40,45)(H,41,43). The molecule has 1 saturated carbocycles. The number of carbonyl (C=O) groups is 2. The Labute approximate surface area is 287 Å². The van der Waals surface area contributed by atoms with E-state index in [0.29, 0.717) is 23.1 Å². The lowest BCUT2D eigenvalue weighted by molar-refractivity contribution is -0.144. The van der Waals surface area contributed by atoms with Crippen LogP contribution in [0.4, 0.5) is 5.69 Å². The van der Waals surface area contributed by atoms with Crippen LogP contribution >= 0.6 is 11.6 Å². The lowest BCUT2D eigenvalue weighted by atomic mass is 9.80. The molecule has 0 atom stereocenters. The summed E-state index contributed by atoms with van der Waals surface area (Å²) in [4.78, 5) is 28.7. The number of hydrogen-bond acceptors (Lipinski definition) is 5. The molecule has 260 valence electrons. The Hall–Kier alpha value is -2.87. The van der Waals surface area contributed by atoms with E-state index in [-0.39, 0.29) is 30.1 Å².